The lowest BCUT2D eigenvalue weighted by atomic mass is 10.0. The van der Waals surface area contributed by atoms with E-state index in [4.69, 9.17) is 10.1 Å². The van der Waals surface area contributed by atoms with E-state index in [-0.39, 0.29) is 17.9 Å². The number of carbonyl (C=O) groups is 2. The molecule has 3 aromatic heterocycles. The molecule has 46 heavy (non-hydrogen) atoms. The number of hydrogen-bond donors (Lipinski definition) is 2. The zero-order chi connectivity index (χ0) is 31.9. The fourth-order valence-electron chi connectivity index (χ4n) is 5.68. The molecule has 0 radical (unpaired) electrons. The van der Waals surface area contributed by atoms with Crippen LogP contribution < -0.4 is 10.6 Å². The second-order valence-electron chi connectivity index (χ2n) is 11.7. The van der Waals surface area contributed by atoms with Gasteiger partial charge in [-0.05, 0) is 75.8 Å². The van der Waals surface area contributed by atoms with Gasteiger partial charge in [0.05, 0.1) is 16.8 Å². The van der Waals surface area contributed by atoms with Crippen LogP contribution in [0.5, 0.6) is 0 Å². The van der Waals surface area contributed by atoms with Crippen LogP contribution in [0.25, 0.3) is 28.0 Å². The lowest BCUT2D eigenvalue weighted by Crippen LogP contribution is -2.39. The Bertz CT molecular complexity index is 1830. The van der Waals surface area contributed by atoms with Crippen molar-refractivity contribution in [3.8, 4) is 22.5 Å². The number of carbonyl (C=O) groups excluding carboxylic acids is 2. The van der Waals surface area contributed by atoms with E-state index in [9.17, 15) is 9.59 Å². The van der Waals surface area contributed by atoms with Crippen molar-refractivity contribution in [2.45, 2.75) is 25.3 Å². The molecule has 0 aliphatic carbocycles. The number of nitrogens with zero attached hydrogens (tertiary/aromatic N) is 6. The highest BCUT2D eigenvalue weighted by molar-refractivity contribution is 6.00. The van der Waals surface area contributed by atoms with Gasteiger partial charge in [-0.2, -0.15) is 5.10 Å². The molecule has 0 spiro atoms. The molecule has 2 amide bonds. The Balaban J connectivity index is 1.16. The van der Waals surface area contributed by atoms with E-state index in [0.29, 0.717) is 36.8 Å². The lowest BCUT2D eigenvalue weighted by Gasteiger charge is -2.25. The summed E-state index contributed by atoms with van der Waals surface area (Å²) in [7, 11) is 3.88. The van der Waals surface area contributed by atoms with Crippen molar-refractivity contribution in [1.82, 2.24) is 29.4 Å². The summed E-state index contributed by atoms with van der Waals surface area (Å²) >= 11 is 0. The van der Waals surface area contributed by atoms with Gasteiger partial charge in [0.2, 0.25) is 11.9 Å². The first-order valence-electron chi connectivity index (χ1n) is 15.6. The van der Waals surface area contributed by atoms with Gasteiger partial charge in [0, 0.05) is 61.0 Å². The third-order valence-electron chi connectivity index (χ3n) is 7.93. The third-order valence-corrected chi connectivity index (χ3v) is 7.93. The maximum atomic E-state index is 13.5. The van der Waals surface area contributed by atoms with Crippen LogP contribution in [0.15, 0.2) is 103 Å². The summed E-state index contributed by atoms with van der Waals surface area (Å²) in [6.45, 7) is 1.89. The molecule has 234 valence electrons. The molecule has 0 bridgehead atoms. The first kappa shape index (κ1) is 30.7. The number of hydrogen-bond acceptors (Lipinski definition) is 7. The molecule has 5 aromatic rings. The number of likely N-dealkylation sites (N-methyl/N-ethyl adjacent to an activating group) is 1. The van der Waals surface area contributed by atoms with Gasteiger partial charge in [-0.25, -0.2) is 14.5 Å². The molecule has 0 saturated carbocycles. The number of anilines is 2. The number of nitrogens with one attached hydrogen (secondary N) is 2. The molecule has 4 heterocycles. The minimum Gasteiger partial charge on any atom is -0.350 e. The lowest BCUT2D eigenvalue weighted by molar-refractivity contribution is -0.111. The molecular formula is C36H38N8O2. The summed E-state index contributed by atoms with van der Waals surface area (Å²) in [6.07, 6.45) is 9.83. The van der Waals surface area contributed by atoms with Crippen LogP contribution >= 0.6 is 0 Å². The van der Waals surface area contributed by atoms with Crippen molar-refractivity contribution < 1.29 is 9.59 Å². The van der Waals surface area contributed by atoms with Gasteiger partial charge in [0.1, 0.15) is 5.69 Å². The van der Waals surface area contributed by atoms with Crippen LogP contribution in [0.2, 0.25) is 0 Å². The summed E-state index contributed by atoms with van der Waals surface area (Å²) in [6, 6.07) is 25.1. The molecule has 10 nitrogen and oxygen atoms in total. The van der Waals surface area contributed by atoms with Crippen molar-refractivity contribution in [1.29, 1.82) is 0 Å². The Labute approximate surface area is 268 Å². The Morgan fingerprint density at radius 2 is 1.78 bits per heavy atom. The fourth-order valence-corrected chi connectivity index (χ4v) is 5.68. The summed E-state index contributed by atoms with van der Waals surface area (Å²) in [5.74, 6) is 0.281. The molecule has 1 atom stereocenters. The van der Waals surface area contributed by atoms with E-state index < -0.39 is 0 Å². The van der Waals surface area contributed by atoms with E-state index in [1.807, 2.05) is 77.1 Å². The molecule has 1 fully saturated rings. The molecular weight excluding hydrogens is 576 g/mol. The molecule has 2 N–H and O–H groups in total. The number of aromatic nitrogens is 4. The molecule has 2 aromatic carbocycles. The summed E-state index contributed by atoms with van der Waals surface area (Å²) < 4.78 is 1.88. The smallest absolute Gasteiger partial charge is 0.253 e. The average Bonchev–Trinajstić information content (AvgIpc) is 3.31. The van der Waals surface area contributed by atoms with E-state index in [1.54, 1.807) is 36.5 Å². The number of likely N-dealkylation sites (tertiary alicyclic amines) is 1. The predicted molar refractivity (Wildman–Crippen MR) is 182 cm³/mol. The third kappa shape index (κ3) is 7.30. The molecule has 1 unspecified atom stereocenters. The highest BCUT2D eigenvalue weighted by Crippen LogP contribution is 2.34. The van der Waals surface area contributed by atoms with Gasteiger partial charge in [0.15, 0.2) is 0 Å². The minimum absolute atomic E-state index is 0.00767. The molecule has 1 aliphatic rings. The second-order valence-corrected chi connectivity index (χ2v) is 11.7. The summed E-state index contributed by atoms with van der Waals surface area (Å²) in [4.78, 5) is 39.1. The number of pyridine rings is 1. The van der Waals surface area contributed by atoms with E-state index in [2.05, 4.69) is 27.8 Å². The zero-order valence-electron chi connectivity index (χ0n) is 26.1. The average molecular weight is 615 g/mol. The van der Waals surface area contributed by atoms with Crippen LogP contribution in [0, 0.1) is 0 Å². The maximum Gasteiger partial charge on any atom is 0.253 e. The Kier molecular flexibility index (Phi) is 9.45. The van der Waals surface area contributed by atoms with Crippen LogP contribution in [-0.4, -0.2) is 81.0 Å². The van der Waals surface area contributed by atoms with Crippen molar-refractivity contribution in [3.05, 3.63) is 109 Å². The van der Waals surface area contributed by atoms with Crippen LogP contribution in [-0.2, 0) is 4.79 Å². The molecule has 10 heteroatoms. The summed E-state index contributed by atoms with van der Waals surface area (Å²) in [5.41, 5.74) is 5.78. The van der Waals surface area contributed by atoms with Crippen LogP contribution in [0.3, 0.4) is 0 Å². The largest absolute Gasteiger partial charge is 0.350 e. The fraction of sp³-hybridized carbons (Fsp3) is 0.250. The van der Waals surface area contributed by atoms with Crippen molar-refractivity contribution in [3.63, 3.8) is 0 Å². The van der Waals surface area contributed by atoms with Crippen LogP contribution in [0.4, 0.5) is 11.6 Å². The van der Waals surface area contributed by atoms with E-state index in [0.717, 1.165) is 47.3 Å². The second kappa shape index (κ2) is 14.2. The highest BCUT2D eigenvalue weighted by atomic mass is 16.2. The first-order valence-corrected chi connectivity index (χ1v) is 15.6. The molecule has 6 rings (SSSR count). The molecule has 1 saturated heterocycles. The topological polar surface area (TPSA) is 108 Å². The number of fused-ring (bicyclic) bond motifs is 1. The minimum atomic E-state index is -0.202. The van der Waals surface area contributed by atoms with Crippen LogP contribution in [0.1, 0.15) is 29.6 Å². The van der Waals surface area contributed by atoms with Gasteiger partial charge in [-0.3, -0.25) is 9.59 Å². The normalized spacial score (nSPS) is 15.3. The Morgan fingerprint density at radius 3 is 2.59 bits per heavy atom. The maximum absolute atomic E-state index is 13.5. The van der Waals surface area contributed by atoms with Crippen molar-refractivity contribution in [2.24, 2.45) is 0 Å². The standard InChI is InChI=1S/C36H38N8O2/c1-42(2)22-10-15-32(45)38-28-18-16-27(17-19-28)35(46)43-23-8-6-13-29(25-43)39-36-37-21-20-30(40-36)33-31-14-7-9-24-44(31)41-34(33)26-11-4-3-5-12-26/h3-5,7,9-12,14-21,24,29H,6,8,13,22-23,25H2,1-2H3,(H,38,45)(H,37,39,40)/b15-10+. The molecule has 1 aliphatic heterocycles. The first-order chi connectivity index (χ1) is 22.4. The Hall–Kier alpha value is -5.35. The van der Waals surface area contributed by atoms with Gasteiger partial charge >= 0.3 is 0 Å². The van der Waals surface area contributed by atoms with Gasteiger partial charge in [0.25, 0.3) is 5.91 Å². The predicted octanol–water partition coefficient (Wildman–Crippen LogP) is 5.62. The van der Waals surface area contributed by atoms with Crippen molar-refractivity contribution in [2.75, 3.05) is 44.4 Å². The Morgan fingerprint density at radius 1 is 0.978 bits per heavy atom. The van der Waals surface area contributed by atoms with Gasteiger partial charge in [-0.1, -0.05) is 42.5 Å². The highest BCUT2D eigenvalue weighted by Gasteiger charge is 2.24. The number of rotatable bonds is 9. The number of benzene rings is 2. The summed E-state index contributed by atoms with van der Waals surface area (Å²) in [5, 5.41) is 11.2. The quantitative estimate of drug-likeness (QED) is 0.208. The number of amides is 2. The monoisotopic (exact) mass is 614 g/mol. The van der Waals surface area contributed by atoms with E-state index in [1.165, 1.54) is 6.08 Å². The van der Waals surface area contributed by atoms with E-state index >= 15 is 0 Å². The SMILES string of the molecule is CN(C)C/C=C/C(=O)Nc1ccc(C(=O)N2CCCCC(Nc3nccc(-c4c(-c5ccccc5)nn5ccccc45)n3)C2)cc1. The zero-order valence-corrected chi connectivity index (χ0v) is 26.1. The van der Waals surface area contributed by atoms with Gasteiger partial charge < -0.3 is 20.4 Å². The van der Waals surface area contributed by atoms with Crippen molar-refractivity contribution >= 4 is 29.0 Å². The van der Waals surface area contributed by atoms with Gasteiger partial charge in [-0.15, -0.1) is 0 Å².